The second kappa shape index (κ2) is 4.69. The number of hydrogen-bond donors (Lipinski definition) is 1. The SMILES string of the molecule is CCC(C)(C)COCCN. The van der Waals surface area contributed by atoms with Gasteiger partial charge in [-0.05, 0) is 11.8 Å². The summed E-state index contributed by atoms with van der Waals surface area (Å²) in [5.74, 6) is 0. The molecule has 0 heterocycles. The molecule has 10 heavy (non-hydrogen) atoms. The van der Waals surface area contributed by atoms with Crippen LogP contribution >= 0.6 is 0 Å². The first-order valence-corrected chi connectivity index (χ1v) is 3.90. The molecule has 0 saturated carbocycles. The van der Waals surface area contributed by atoms with Crippen LogP contribution in [0.5, 0.6) is 0 Å². The molecule has 2 heteroatoms. The normalized spacial score (nSPS) is 12.0. The van der Waals surface area contributed by atoms with Gasteiger partial charge in [0.2, 0.25) is 0 Å². The summed E-state index contributed by atoms with van der Waals surface area (Å²) in [7, 11) is 0. The molecule has 2 nitrogen and oxygen atoms in total. The monoisotopic (exact) mass is 145 g/mol. The molecule has 62 valence electrons. The van der Waals surface area contributed by atoms with Gasteiger partial charge in [0, 0.05) is 6.54 Å². The molecule has 0 aliphatic carbocycles. The van der Waals surface area contributed by atoms with Crippen LogP contribution in [-0.4, -0.2) is 19.8 Å². The second-order valence-electron chi connectivity index (χ2n) is 3.36. The Morgan fingerprint density at radius 2 is 2.00 bits per heavy atom. The Morgan fingerprint density at radius 3 is 2.40 bits per heavy atom. The fraction of sp³-hybridized carbons (Fsp3) is 1.00. The average Bonchev–Trinajstić information content (AvgIpc) is 1.89. The van der Waals surface area contributed by atoms with E-state index in [0.717, 1.165) is 13.0 Å². The van der Waals surface area contributed by atoms with Crippen LogP contribution in [0.3, 0.4) is 0 Å². The van der Waals surface area contributed by atoms with E-state index < -0.39 is 0 Å². The Morgan fingerprint density at radius 1 is 1.40 bits per heavy atom. The van der Waals surface area contributed by atoms with Gasteiger partial charge in [0.05, 0.1) is 13.2 Å². The lowest BCUT2D eigenvalue weighted by Crippen LogP contribution is -2.20. The summed E-state index contributed by atoms with van der Waals surface area (Å²) in [6, 6.07) is 0. The molecular formula is C8H19NO. The van der Waals surface area contributed by atoms with Gasteiger partial charge in [0.15, 0.2) is 0 Å². The van der Waals surface area contributed by atoms with Crippen LogP contribution in [0.15, 0.2) is 0 Å². The molecule has 0 amide bonds. The topological polar surface area (TPSA) is 35.2 Å². The first kappa shape index (κ1) is 9.92. The standard InChI is InChI=1S/C8H19NO/c1-4-8(2,3)7-10-6-5-9/h4-7,9H2,1-3H3. The van der Waals surface area contributed by atoms with Crippen LogP contribution in [0.2, 0.25) is 0 Å². The van der Waals surface area contributed by atoms with Gasteiger partial charge in [0.25, 0.3) is 0 Å². The van der Waals surface area contributed by atoms with Crippen molar-refractivity contribution in [3.8, 4) is 0 Å². The maximum Gasteiger partial charge on any atom is 0.0588 e. The highest BCUT2D eigenvalue weighted by molar-refractivity contribution is 4.64. The van der Waals surface area contributed by atoms with Crippen LogP contribution in [0.25, 0.3) is 0 Å². The largest absolute Gasteiger partial charge is 0.380 e. The fourth-order valence-electron chi connectivity index (χ4n) is 0.534. The van der Waals surface area contributed by atoms with E-state index in [4.69, 9.17) is 10.5 Å². The number of nitrogens with two attached hydrogens (primary N) is 1. The first-order chi connectivity index (χ1) is 4.62. The Kier molecular flexibility index (Phi) is 4.65. The summed E-state index contributed by atoms with van der Waals surface area (Å²) in [6.45, 7) is 8.70. The summed E-state index contributed by atoms with van der Waals surface area (Å²) in [6.07, 6.45) is 1.15. The lowest BCUT2D eigenvalue weighted by molar-refractivity contribution is 0.0652. The van der Waals surface area contributed by atoms with Crippen molar-refractivity contribution in [1.29, 1.82) is 0 Å². The molecule has 0 unspecified atom stereocenters. The molecule has 0 spiro atoms. The highest BCUT2D eigenvalue weighted by atomic mass is 16.5. The van der Waals surface area contributed by atoms with Crippen molar-refractivity contribution in [1.82, 2.24) is 0 Å². The van der Waals surface area contributed by atoms with Crippen molar-refractivity contribution in [3.63, 3.8) is 0 Å². The molecule has 0 aromatic rings. The maximum absolute atomic E-state index is 5.31. The van der Waals surface area contributed by atoms with Crippen molar-refractivity contribution in [2.45, 2.75) is 27.2 Å². The molecule has 0 fully saturated rings. The van der Waals surface area contributed by atoms with Crippen LogP contribution in [-0.2, 0) is 4.74 Å². The third-order valence-corrected chi connectivity index (χ3v) is 1.71. The Hall–Kier alpha value is -0.0800. The number of hydrogen-bond acceptors (Lipinski definition) is 2. The zero-order chi connectivity index (χ0) is 8.04. The summed E-state index contributed by atoms with van der Waals surface area (Å²) in [5, 5.41) is 0. The number of ether oxygens (including phenoxy) is 1. The van der Waals surface area contributed by atoms with Crippen LogP contribution in [0, 0.1) is 5.41 Å². The third kappa shape index (κ3) is 4.77. The minimum Gasteiger partial charge on any atom is -0.380 e. The van der Waals surface area contributed by atoms with Crippen molar-refractivity contribution < 1.29 is 4.74 Å². The van der Waals surface area contributed by atoms with E-state index in [1.807, 2.05) is 0 Å². The van der Waals surface area contributed by atoms with Crippen LogP contribution < -0.4 is 5.73 Å². The lowest BCUT2D eigenvalue weighted by atomic mass is 9.92. The van der Waals surface area contributed by atoms with Crippen molar-refractivity contribution in [3.05, 3.63) is 0 Å². The van der Waals surface area contributed by atoms with E-state index in [-0.39, 0.29) is 0 Å². The van der Waals surface area contributed by atoms with Crippen LogP contribution in [0.4, 0.5) is 0 Å². The molecule has 0 saturated heterocycles. The third-order valence-electron chi connectivity index (χ3n) is 1.71. The fourth-order valence-corrected chi connectivity index (χ4v) is 0.534. The van der Waals surface area contributed by atoms with Gasteiger partial charge < -0.3 is 10.5 Å². The Bertz CT molecular complexity index is 81.3. The highest BCUT2D eigenvalue weighted by Gasteiger charge is 2.14. The molecule has 0 aromatic heterocycles. The van der Waals surface area contributed by atoms with E-state index >= 15 is 0 Å². The maximum atomic E-state index is 5.31. The van der Waals surface area contributed by atoms with Gasteiger partial charge in [-0.25, -0.2) is 0 Å². The zero-order valence-corrected chi connectivity index (χ0v) is 7.31. The average molecular weight is 145 g/mol. The molecule has 2 N–H and O–H groups in total. The van der Waals surface area contributed by atoms with E-state index in [2.05, 4.69) is 20.8 Å². The lowest BCUT2D eigenvalue weighted by Gasteiger charge is -2.21. The molecule has 0 bridgehead atoms. The van der Waals surface area contributed by atoms with Gasteiger partial charge in [-0.3, -0.25) is 0 Å². The summed E-state index contributed by atoms with van der Waals surface area (Å²) < 4.78 is 5.31. The molecule has 0 radical (unpaired) electrons. The quantitative estimate of drug-likeness (QED) is 0.593. The molecular weight excluding hydrogens is 126 g/mol. The summed E-state index contributed by atoms with van der Waals surface area (Å²) >= 11 is 0. The second-order valence-corrected chi connectivity index (χ2v) is 3.36. The predicted octanol–water partition coefficient (Wildman–Crippen LogP) is 1.40. The molecule has 0 aromatic carbocycles. The highest BCUT2D eigenvalue weighted by Crippen LogP contribution is 2.19. The van der Waals surface area contributed by atoms with Gasteiger partial charge in [-0.2, -0.15) is 0 Å². The van der Waals surface area contributed by atoms with E-state index in [0.29, 0.717) is 18.6 Å². The van der Waals surface area contributed by atoms with Gasteiger partial charge in [0.1, 0.15) is 0 Å². The van der Waals surface area contributed by atoms with Crippen molar-refractivity contribution >= 4 is 0 Å². The van der Waals surface area contributed by atoms with Crippen molar-refractivity contribution in [2.24, 2.45) is 11.1 Å². The van der Waals surface area contributed by atoms with Crippen molar-refractivity contribution in [2.75, 3.05) is 19.8 Å². The van der Waals surface area contributed by atoms with Crippen LogP contribution in [0.1, 0.15) is 27.2 Å². The molecule has 0 aliphatic heterocycles. The predicted molar refractivity (Wildman–Crippen MR) is 43.9 cm³/mol. The minimum absolute atomic E-state index is 0.315. The first-order valence-electron chi connectivity index (χ1n) is 3.90. The molecule has 0 rings (SSSR count). The smallest absolute Gasteiger partial charge is 0.0588 e. The van der Waals surface area contributed by atoms with E-state index in [9.17, 15) is 0 Å². The Balaban J connectivity index is 3.28. The minimum atomic E-state index is 0.315. The van der Waals surface area contributed by atoms with Gasteiger partial charge in [-0.1, -0.05) is 20.8 Å². The van der Waals surface area contributed by atoms with E-state index in [1.165, 1.54) is 0 Å². The van der Waals surface area contributed by atoms with E-state index in [1.54, 1.807) is 0 Å². The van der Waals surface area contributed by atoms with Gasteiger partial charge in [-0.15, -0.1) is 0 Å². The van der Waals surface area contributed by atoms with Gasteiger partial charge >= 0.3 is 0 Å². The summed E-state index contributed by atoms with van der Waals surface area (Å²) in [4.78, 5) is 0. The molecule has 0 atom stereocenters. The zero-order valence-electron chi connectivity index (χ0n) is 7.31. The number of rotatable bonds is 5. The molecule has 0 aliphatic rings. The Labute approximate surface area is 63.7 Å². The summed E-state index contributed by atoms with van der Waals surface area (Å²) in [5.41, 5.74) is 5.59.